The minimum Gasteiger partial charge on any atom is -0.392 e. The summed E-state index contributed by atoms with van der Waals surface area (Å²) in [5.74, 6) is 7.25. The molecule has 0 radical (unpaired) electrons. The number of hydrogen-bond acceptors (Lipinski definition) is 2. The van der Waals surface area contributed by atoms with Crippen molar-refractivity contribution in [2.24, 2.45) is 17.8 Å². The molecule has 2 nitrogen and oxygen atoms in total. The molecular weight excluding hydrogens is 256 g/mol. The van der Waals surface area contributed by atoms with Gasteiger partial charge in [0.1, 0.15) is 5.60 Å². The monoisotopic (exact) mass is 272 g/mol. The summed E-state index contributed by atoms with van der Waals surface area (Å²) in [6.07, 6.45) is 1.86. The maximum Gasteiger partial charge on any atom is 0.119 e. The lowest BCUT2D eigenvalue weighted by molar-refractivity contribution is 0.112. The minimum atomic E-state index is -0.901. The van der Waals surface area contributed by atoms with Crippen molar-refractivity contribution < 1.29 is 10.2 Å². The average molecular weight is 273 g/mol. The van der Waals surface area contributed by atoms with Crippen molar-refractivity contribution in [3.63, 3.8) is 0 Å². The first-order chi connectivity index (χ1) is 6.88. The van der Waals surface area contributed by atoms with Crippen LogP contribution in [0.3, 0.4) is 0 Å². The normalized spacial score (nSPS) is 43.9. The molecule has 2 aliphatic carbocycles. The van der Waals surface area contributed by atoms with Gasteiger partial charge in [0.25, 0.3) is 0 Å². The number of aliphatic hydroxyl groups excluding tert-OH is 1. The molecule has 0 aromatic rings. The molecule has 0 saturated heterocycles. The summed E-state index contributed by atoms with van der Waals surface area (Å²) in [6.45, 7) is 3.40. The number of alkyl halides is 1. The summed E-state index contributed by atoms with van der Waals surface area (Å²) in [7, 11) is 0. The van der Waals surface area contributed by atoms with Crippen molar-refractivity contribution in [3.8, 4) is 11.8 Å². The Hall–Kier alpha value is -0.0400. The van der Waals surface area contributed by atoms with Crippen LogP contribution in [0.2, 0.25) is 0 Å². The topological polar surface area (TPSA) is 40.5 Å². The fourth-order valence-corrected chi connectivity index (χ4v) is 3.71. The van der Waals surface area contributed by atoms with Gasteiger partial charge in [0, 0.05) is 10.7 Å². The summed E-state index contributed by atoms with van der Waals surface area (Å²) in [5, 5.41) is 19.3. The van der Waals surface area contributed by atoms with Crippen LogP contribution in [0.25, 0.3) is 0 Å². The van der Waals surface area contributed by atoms with E-state index in [2.05, 4.69) is 27.8 Å². The number of halogens is 1. The highest BCUT2D eigenvalue weighted by Gasteiger charge is 2.50. The van der Waals surface area contributed by atoms with Gasteiger partial charge in [0.15, 0.2) is 0 Å². The Morgan fingerprint density at radius 1 is 1.33 bits per heavy atom. The third-order valence-corrected chi connectivity index (χ3v) is 4.65. The van der Waals surface area contributed by atoms with Crippen molar-refractivity contribution in [2.45, 2.75) is 43.2 Å². The molecule has 2 saturated carbocycles. The van der Waals surface area contributed by atoms with Crippen LogP contribution in [0, 0.1) is 29.6 Å². The van der Waals surface area contributed by atoms with Gasteiger partial charge in [-0.3, -0.25) is 0 Å². The molecule has 5 unspecified atom stereocenters. The van der Waals surface area contributed by atoms with Crippen molar-refractivity contribution in [2.75, 3.05) is 0 Å². The van der Waals surface area contributed by atoms with Gasteiger partial charge in [-0.2, -0.15) is 0 Å². The molecule has 84 valence electrons. The van der Waals surface area contributed by atoms with Gasteiger partial charge in [-0.05, 0) is 38.5 Å². The molecule has 15 heavy (non-hydrogen) atoms. The van der Waals surface area contributed by atoms with Gasteiger partial charge in [0.2, 0.25) is 0 Å². The van der Waals surface area contributed by atoms with Crippen molar-refractivity contribution in [1.29, 1.82) is 0 Å². The van der Waals surface area contributed by atoms with Crippen LogP contribution in [0.1, 0.15) is 26.7 Å². The Morgan fingerprint density at radius 2 is 2.00 bits per heavy atom. The summed E-state index contributed by atoms with van der Waals surface area (Å²) in [4.78, 5) is 0.192. The predicted molar refractivity (Wildman–Crippen MR) is 62.5 cm³/mol. The van der Waals surface area contributed by atoms with Crippen LogP contribution in [0.5, 0.6) is 0 Å². The summed E-state index contributed by atoms with van der Waals surface area (Å²) in [6, 6.07) is 0. The molecule has 0 aromatic carbocycles. The average Bonchev–Trinajstić information content (AvgIpc) is 2.63. The third-order valence-electron chi connectivity index (χ3n) is 3.43. The number of aliphatic hydroxyl groups is 2. The highest BCUT2D eigenvalue weighted by atomic mass is 79.9. The first-order valence-electron chi connectivity index (χ1n) is 5.46. The zero-order valence-electron chi connectivity index (χ0n) is 9.07. The van der Waals surface area contributed by atoms with Crippen LogP contribution < -0.4 is 0 Å². The number of hydrogen-bond donors (Lipinski definition) is 2. The van der Waals surface area contributed by atoms with Gasteiger partial charge in [-0.1, -0.05) is 27.8 Å². The van der Waals surface area contributed by atoms with E-state index in [1.807, 2.05) is 0 Å². The lowest BCUT2D eigenvalue weighted by atomic mass is 9.87. The van der Waals surface area contributed by atoms with Crippen LogP contribution in [-0.2, 0) is 0 Å². The molecular formula is C12H17BrO2. The standard InChI is InChI=1S/C12H17BrO2/c1-12(2,15)4-3-7-5-8-6-9(7)10(13)11(8)14/h7-11,14-15H,5-6H2,1-2H3. The second-order valence-electron chi connectivity index (χ2n) is 5.27. The van der Waals surface area contributed by atoms with Crippen molar-refractivity contribution >= 4 is 15.9 Å². The molecule has 2 N–H and O–H groups in total. The fraction of sp³-hybridized carbons (Fsp3) is 0.833. The molecule has 2 aliphatic rings. The SMILES string of the molecule is CC(C)(O)C#CC1CC2CC1C(Br)C2O. The molecule has 3 heteroatoms. The molecule has 0 spiro atoms. The van der Waals surface area contributed by atoms with E-state index in [0.717, 1.165) is 12.8 Å². The lowest BCUT2D eigenvalue weighted by Gasteiger charge is -2.26. The Kier molecular flexibility index (Phi) is 2.87. The van der Waals surface area contributed by atoms with Crippen molar-refractivity contribution in [3.05, 3.63) is 0 Å². The van der Waals surface area contributed by atoms with Crippen molar-refractivity contribution in [1.82, 2.24) is 0 Å². The first kappa shape index (κ1) is 11.4. The largest absolute Gasteiger partial charge is 0.392 e. The van der Waals surface area contributed by atoms with Gasteiger partial charge in [-0.15, -0.1) is 0 Å². The number of rotatable bonds is 0. The van der Waals surface area contributed by atoms with Crippen LogP contribution in [-0.4, -0.2) is 26.7 Å². The third kappa shape index (κ3) is 2.22. The number of fused-ring (bicyclic) bond motifs is 2. The predicted octanol–water partition coefficient (Wildman–Crippen LogP) is 1.54. The Balaban J connectivity index is 2.06. The zero-order chi connectivity index (χ0) is 11.2. The van der Waals surface area contributed by atoms with Crippen LogP contribution in [0.4, 0.5) is 0 Å². The maximum atomic E-state index is 9.79. The van der Waals surface area contributed by atoms with Gasteiger partial charge in [0.05, 0.1) is 6.10 Å². The van der Waals surface area contributed by atoms with E-state index in [9.17, 15) is 10.2 Å². The first-order valence-corrected chi connectivity index (χ1v) is 6.37. The van der Waals surface area contributed by atoms with E-state index in [-0.39, 0.29) is 10.9 Å². The summed E-state index contributed by atoms with van der Waals surface area (Å²) < 4.78 is 0. The molecule has 2 rings (SSSR count). The smallest absolute Gasteiger partial charge is 0.119 e. The Labute approximate surface area is 99.2 Å². The van der Waals surface area contributed by atoms with E-state index in [0.29, 0.717) is 17.8 Å². The highest BCUT2D eigenvalue weighted by Crippen LogP contribution is 2.51. The highest BCUT2D eigenvalue weighted by molar-refractivity contribution is 9.09. The molecule has 0 heterocycles. The van der Waals surface area contributed by atoms with Gasteiger partial charge >= 0.3 is 0 Å². The van der Waals surface area contributed by atoms with E-state index in [4.69, 9.17) is 0 Å². The quantitative estimate of drug-likeness (QED) is 0.519. The van der Waals surface area contributed by atoms with Gasteiger partial charge in [-0.25, -0.2) is 0 Å². The molecule has 0 amide bonds. The second-order valence-corrected chi connectivity index (χ2v) is 6.32. The molecule has 5 atom stereocenters. The lowest BCUT2D eigenvalue weighted by Crippen LogP contribution is -2.32. The molecule has 2 bridgehead atoms. The van der Waals surface area contributed by atoms with Gasteiger partial charge < -0.3 is 10.2 Å². The maximum absolute atomic E-state index is 9.79. The fourth-order valence-electron chi connectivity index (χ4n) is 2.69. The molecule has 2 fully saturated rings. The minimum absolute atomic E-state index is 0.192. The summed E-state index contributed by atoms with van der Waals surface area (Å²) in [5.41, 5.74) is -0.901. The zero-order valence-corrected chi connectivity index (χ0v) is 10.7. The molecule has 0 aromatic heterocycles. The van der Waals surface area contributed by atoms with Crippen LogP contribution >= 0.6 is 15.9 Å². The van der Waals surface area contributed by atoms with Crippen LogP contribution in [0.15, 0.2) is 0 Å². The second kappa shape index (κ2) is 3.76. The Bertz CT molecular complexity index is 308. The van der Waals surface area contributed by atoms with E-state index >= 15 is 0 Å². The van der Waals surface area contributed by atoms with E-state index in [1.54, 1.807) is 13.8 Å². The Morgan fingerprint density at radius 3 is 2.47 bits per heavy atom. The van der Waals surface area contributed by atoms with E-state index < -0.39 is 5.60 Å². The summed E-state index contributed by atoms with van der Waals surface area (Å²) >= 11 is 3.54. The van der Waals surface area contributed by atoms with E-state index in [1.165, 1.54) is 0 Å². The molecule has 0 aliphatic heterocycles.